The first-order chi connectivity index (χ1) is 17.3. The highest BCUT2D eigenvalue weighted by atomic mass is 79.9. The molecule has 1 aliphatic rings. The Morgan fingerprint density at radius 1 is 1.22 bits per heavy atom. The molecule has 7 nitrogen and oxygen atoms in total. The predicted molar refractivity (Wildman–Crippen MR) is 147 cm³/mol. The number of hydrogen-bond donors (Lipinski definition) is 1. The van der Waals surface area contributed by atoms with Gasteiger partial charge in [-0.05, 0) is 49.4 Å². The van der Waals surface area contributed by atoms with Gasteiger partial charge in [-0.3, -0.25) is 0 Å². The Bertz CT molecular complexity index is 1310. The van der Waals surface area contributed by atoms with Gasteiger partial charge in [0.15, 0.2) is 0 Å². The molecule has 3 aromatic rings. The molecule has 1 N–H and O–H groups in total. The Hall–Kier alpha value is -2.20. The first-order valence-corrected chi connectivity index (χ1v) is 14.0. The number of rotatable bonds is 9. The molecule has 0 saturated heterocycles. The summed E-state index contributed by atoms with van der Waals surface area (Å²) >= 11 is 17.5. The Balaban J connectivity index is 1.79. The second-order valence-corrected chi connectivity index (χ2v) is 11.0. The third kappa shape index (κ3) is 5.85. The molecule has 190 valence electrons. The summed E-state index contributed by atoms with van der Waals surface area (Å²) in [5.74, 6) is 1.53. The summed E-state index contributed by atoms with van der Waals surface area (Å²) in [5, 5.41) is 9.63. The van der Waals surface area contributed by atoms with Crippen molar-refractivity contribution in [1.29, 1.82) is 0 Å². The van der Waals surface area contributed by atoms with Gasteiger partial charge >= 0.3 is 5.97 Å². The molecule has 0 aliphatic carbocycles. The molecule has 2 aromatic carbocycles. The monoisotopic (exact) mass is 610 g/mol. The fourth-order valence-electron chi connectivity index (χ4n) is 3.80. The topological polar surface area (TPSA) is 78.3 Å². The van der Waals surface area contributed by atoms with E-state index in [4.69, 9.17) is 37.8 Å². The summed E-state index contributed by atoms with van der Waals surface area (Å²) in [6, 6.07) is 10.3. The Morgan fingerprint density at radius 3 is 2.75 bits per heavy atom. The number of benzene rings is 2. The van der Waals surface area contributed by atoms with E-state index in [9.17, 15) is 4.79 Å². The molecule has 0 radical (unpaired) electrons. The number of nitrogens with one attached hydrogen (secondary N) is 1. The molecule has 36 heavy (non-hydrogen) atoms. The fourth-order valence-corrected chi connectivity index (χ4v) is 5.20. The van der Waals surface area contributed by atoms with Crippen molar-refractivity contribution in [2.75, 3.05) is 17.7 Å². The van der Waals surface area contributed by atoms with Crippen molar-refractivity contribution in [3.8, 4) is 5.75 Å². The molecule has 0 fully saturated rings. The van der Waals surface area contributed by atoms with Crippen molar-refractivity contribution in [3.05, 3.63) is 73.3 Å². The average Bonchev–Trinajstić information content (AvgIpc) is 3.23. The summed E-state index contributed by atoms with van der Waals surface area (Å²) in [6.45, 7) is 6.37. The first-order valence-electron chi connectivity index (χ1n) is 11.4. The summed E-state index contributed by atoms with van der Waals surface area (Å²) in [6.07, 6.45) is 0.717. The van der Waals surface area contributed by atoms with Crippen LogP contribution in [0.5, 0.6) is 5.75 Å². The quantitative estimate of drug-likeness (QED) is 0.201. The summed E-state index contributed by atoms with van der Waals surface area (Å²) < 4.78 is 14.4. The number of esters is 1. The van der Waals surface area contributed by atoms with Gasteiger partial charge in [0.25, 0.3) is 0 Å². The van der Waals surface area contributed by atoms with E-state index in [2.05, 4.69) is 26.2 Å². The third-order valence-corrected chi connectivity index (χ3v) is 7.23. The van der Waals surface area contributed by atoms with E-state index < -0.39 is 12.0 Å². The summed E-state index contributed by atoms with van der Waals surface area (Å²) in [7, 11) is 0. The van der Waals surface area contributed by atoms with Crippen LogP contribution in [0.2, 0.25) is 10.0 Å². The van der Waals surface area contributed by atoms with Crippen LogP contribution in [0.25, 0.3) is 0 Å². The fraction of sp³-hybridized carbons (Fsp3) is 0.320. The molecular weight excluding hydrogens is 587 g/mol. The van der Waals surface area contributed by atoms with Crippen LogP contribution in [0.15, 0.2) is 57.3 Å². The number of halogens is 3. The number of hydrogen-bond acceptors (Lipinski definition) is 7. The number of ether oxygens (including phenoxy) is 2. The smallest absolute Gasteiger partial charge is 0.338 e. The van der Waals surface area contributed by atoms with E-state index in [-0.39, 0.29) is 6.61 Å². The van der Waals surface area contributed by atoms with Gasteiger partial charge in [0.1, 0.15) is 18.4 Å². The number of aromatic nitrogens is 3. The van der Waals surface area contributed by atoms with E-state index in [1.54, 1.807) is 16.8 Å². The Morgan fingerprint density at radius 2 is 2.03 bits per heavy atom. The highest BCUT2D eigenvalue weighted by molar-refractivity contribution is 9.10. The molecule has 1 aliphatic heterocycles. The lowest BCUT2D eigenvalue weighted by Crippen LogP contribution is -2.30. The van der Waals surface area contributed by atoms with Gasteiger partial charge in [-0.2, -0.15) is 4.98 Å². The van der Waals surface area contributed by atoms with Gasteiger partial charge in [-0.15, -0.1) is 5.10 Å². The van der Waals surface area contributed by atoms with Crippen molar-refractivity contribution >= 4 is 62.8 Å². The molecule has 0 amide bonds. The molecule has 0 spiro atoms. The summed E-state index contributed by atoms with van der Waals surface area (Å²) in [5.41, 5.74) is 2.62. The molecule has 0 saturated carbocycles. The highest BCUT2D eigenvalue weighted by Crippen LogP contribution is 2.41. The van der Waals surface area contributed by atoms with Gasteiger partial charge in [-0.1, -0.05) is 70.8 Å². The van der Waals surface area contributed by atoms with Crippen molar-refractivity contribution in [3.63, 3.8) is 0 Å². The molecule has 2 heterocycles. The minimum Gasteiger partial charge on any atom is -0.488 e. The predicted octanol–water partition coefficient (Wildman–Crippen LogP) is 7.28. The molecule has 4 rings (SSSR count). The van der Waals surface area contributed by atoms with Crippen LogP contribution in [-0.2, 0) is 16.1 Å². The van der Waals surface area contributed by atoms with Crippen LogP contribution >= 0.6 is 50.9 Å². The highest BCUT2D eigenvalue weighted by Gasteiger charge is 2.37. The second kappa shape index (κ2) is 11.9. The Labute approximate surface area is 232 Å². The number of carbonyl (C=O) groups is 1. The maximum absolute atomic E-state index is 13.3. The standard InChI is InChI=1S/C25H25BrCl2N4O3S/c1-4-10-34-23(33)21-14(3)29-24-30-25(36-5-2)31-32(24)22(21)18-11-16(26)7-9-20(18)35-13-15-6-8-17(27)12-19(15)28/h6-9,11-12,22H,4-5,10,13H2,1-3H3,(H,29,30,31). The van der Waals surface area contributed by atoms with Crippen LogP contribution in [0.4, 0.5) is 5.95 Å². The molecular formula is C25H25BrCl2N4O3S. The largest absolute Gasteiger partial charge is 0.488 e. The van der Waals surface area contributed by atoms with E-state index in [1.807, 2.05) is 45.0 Å². The zero-order valence-corrected chi connectivity index (χ0v) is 23.9. The third-order valence-electron chi connectivity index (χ3n) is 5.43. The SMILES string of the molecule is CCCOC(=O)C1=C(C)Nc2nc(SCC)nn2C1c1cc(Br)ccc1OCc1ccc(Cl)cc1Cl. The van der Waals surface area contributed by atoms with E-state index >= 15 is 0 Å². The number of carbonyl (C=O) groups excluding carboxylic acids is 1. The van der Waals surface area contributed by atoms with Crippen LogP contribution in [0.1, 0.15) is 44.4 Å². The second-order valence-electron chi connectivity index (χ2n) is 8.00. The normalized spacial score (nSPS) is 14.9. The van der Waals surface area contributed by atoms with Gasteiger partial charge in [0.05, 0.1) is 12.2 Å². The van der Waals surface area contributed by atoms with Crippen LogP contribution in [0, 0.1) is 0 Å². The molecule has 11 heteroatoms. The maximum atomic E-state index is 13.3. The minimum atomic E-state index is -0.613. The van der Waals surface area contributed by atoms with Crippen LogP contribution in [-0.4, -0.2) is 33.1 Å². The van der Waals surface area contributed by atoms with Gasteiger partial charge in [0, 0.05) is 31.3 Å². The summed E-state index contributed by atoms with van der Waals surface area (Å²) in [4.78, 5) is 17.9. The zero-order valence-electron chi connectivity index (χ0n) is 20.0. The van der Waals surface area contributed by atoms with E-state index in [0.717, 1.165) is 27.8 Å². The van der Waals surface area contributed by atoms with Crippen molar-refractivity contribution in [2.45, 2.75) is 45.0 Å². The van der Waals surface area contributed by atoms with Crippen molar-refractivity contribution in [1.82, 2.24) is 14.8 Å². The van der Waals surface area contributed by atoms with Gasteiger partial charge in [0.2, 0.25) is 11.1 Å². The maximum Gasteiger partial charge on any atom is 0.338 e. The number of allylic oxidation sites excluding steroid dienone is 1. The average molecular weight is 612 g/mol. The molecule has 1 aromatic heterocycles. The number of fused-ring (bicyclic) bond motifs is 1. The number of nitrogens with zero attached hydrogens (tertiary/aromatic N) is 3. The first kappa shape index (κ1) is 26.9. The van der Waals surface area contributed by atoms with E-state index in [1.165, 1.54) is 11.8 Å². The van der Waals surface area contributed by atoms with Crippen LogP contribution in [0.3, 0.4) is 0 Å². The van der Waals surface area contributed by atoms with Crippen molar-refractivity contribution < 1.29 is 14.3 Å². The lowest BCUT2D eigenvalue weighted by molar-refractivity contribution is -0.139. The lowest BCUT2D eigenvalue weighted by atomic mass is 9.95. The minimum absolute atomic E-state index is 0.217. The molecule has 1 unspecified atom stereocenters. The lowest BCUT2D eigenvalue weighted by Gasteiger charge is -2.29. The van der Waals surface area contributed by atoms with Crippen molar-refractivity contribution in [2.24, 2.45) is 0 Å². The molecule has 0 bridgehead atoms. The van der Waals surface area contributed by atoms with Crippen LogP contribution < -0.4 is 10.1 Å². The van der Waals surface area contributed by atoms with Gasteiger partial charge in [-0.25, -0.2) is 9.48 Å². The van der Waals surface area contributed by atoms with Gasteiger partial charge < -0.3 is 14.8 Å². The Kier molecular flexibility index (Phi) is 8.87. The van der Waals surface area contributed by atoms with E-state index in [0.29, 0.717) is 44.8 Å². The zero-order chi connectivity index (χ0) is 25.8. The number of thioether (sulfide) groups is 1. The number of anilines is 1. The molecule has 1 atom stereocenters.